The van der Waals surface area contributed by atoms with Crippen LogP contribution in [0.2, 0.25) is 0 Å². The minimum Gasteiger partial charge on any atom is -0.493 e. The maximum atomic E-state index is 11.0. The minimum atomic E-state index is -0.966. The largest absolute Gasteiger partial charge is 0.493 e. The van der Waals surface area contributed by atoms with Gasteiger partial charge in [-0.05, 0) is 36.6 Å². The van der Waals surface area contributed by atoms with Crippen LogP contribution in [0.5, 0.6) is 5.75 Å². The molecule has 112 valence electrons. The molecule has 0 bridgehead atoms. The van der Waals surface area contributed by atoms with Gasteiger partial charge in [0.2, 0.25) is 0 Å². The van der Waals surface area contributed by atoms with E-state index in [0.29, 0.717) is 12.4 Å². The Balaban J connectivity index is 1.65. The summed E-state index contributed by atoms with van der Waals surface area (Å²) in [5.74, 6) is -0.250. The number of carboxylic acid groups (broad SMARTS) is 1. The molecule has 0 spiro atoms. The van der Waals surface area contributed by atoms with Crippen molar-refractivity contribution in [1.82, 2.24) is 4.98 Å². The van der Waals surface area contributed by atoms with Crippen LogP contribution in [0.3, 0.4) is 0 Å². The van der Waals surface area contributed by atoms with Crippen LogP contribution in [-0.2, 0) is 6.42 Å². The van der Waals surface area contributed by atoms with Crippen LogP contribution >= 0.6 is 0 Å². The third-order valence-electron chi connectivity index (χ3n) is 3.56. The Morgan fingerprint density at radius 2 is 1.91 bits per heavy atom. The minimum absolute atomic E-state index is 0.176. The topological polar surface area (TPSA) is 62.3 Å². The maximum absolute atomic E-state index is 11.0. The van der Waals surface area contributed by atoms with Crippen LogP contribution in [0.4, 0.5) is 0 Å². The summed E-state index contributed by atoms with van der Waals surface area (Å²) in [5.41, 5.74) is 2.24. The zero-order valence-corrected chi connectivity index (χ0v) is 12.1. The van der Waals surface area contributed by atoms with Gasteiger partial charge in [0.05, 0.1) is 6.61 Å². The zero-order chi connectivity index (χ0) is 15.4. The van der Waals surface area contributed by atoms with E-state index < -0.39 is 5.97 Å². The monoisotopic (exact) mass is 295 g/mol. The van der Waals surface area contributed by atoms with E-state index in [0.717, 1.165) is 23.7 Å². The lowest BCUT2D eigenvalue weighted by molar-refractivity contribution is 0.0691. The van der Waals surface area contributed by atoms with E-state index in [9.17, 15) is 4.79 Å². The molecular weight excluding hydrogens is 278 g/mol. The third-order valence-corrected chi connectivity index (χ3v) is 3.56. The Morgan fingerprint density at radius 3 is 2.68 bits per heavy atom. The van der Waals surface area contributed by atoms with Gasteiger partial charge in [0.15, 0.2) is 0 Å². The number of rotatable bonds is 6. The van der Waals surface area contributed by atoms with Crippen molar-refractivity contribution in [3.8, 4) is 5.75 Å². The molecule has 0 unspecified atom stereocenters. The number of fused-ring (bicyclic) bond motifs is 1. The summed E-state index contributed by atoms with van der Waals surface area (Å²) < 4.78 is 5.82. The van der Waals surface area contributed by atoms with Gasteiger partial charge >= 0.3 is 5.97 Å². The molecule has 4 heteroatoms. The molecule has 1 heterocycles. The van der Waals surface area contributed by atoms with Crippen molar-refractivity contribution >= 4 is 16.9 Å². The highest BCUT2D eigenvalue weighted by molar-refractivity contribution is 5.96. The van der Waals surface area contributed by atoms with Gasteiger partial charge < -0.3 is 14.8 Å². The smallest absolute Gasteiger partial charge is 0.352 e. The van der Waals surface area contributed by atoms with E-state index in [1.54, 1.807) is 6.07 Å². The van der Waals surface area contributed by atoms with Gasteiger partial charge in [0.1, 0.15) is 11.4 Å². The average Bonchev–Trinajstić information content (AvgIpc) is 2.98. The molecule has 0 atom stereocenters. The molecule has 0 aliphatic heterocycles. The molecule has 0 amide bonds. The molecule has 2 aromatic carbocycles. The summed E-state index contributed by atoms with van der Waals surface area (Å²) in [4.78, 5) is 13.9. The Bertz CT molecular complexity index is 777. The highest BCUT2D eigenvalue weighted by Crippen LogP contribution is 2.26. The second-order valence-electron chi connectivity index (χ2n) is 5.14. The molecular formula is C18H17NO3. The van der Waals surface area contributed by atoms with Crippen molar-refractivity contribution in [3.63, 3.8) is 0 Å². The number of benzene rings is 2. The second-order valence-corrected chi connectivity index (χ2v) is 5.14. The molecule has 0 saturated heterocycles. The Hall–Kier alpha value is -2.75. The fraction of sp³-hybridized carbons (Fsp3) is 0.167. The number of hydrogen-bond donors (Lipinski definition) is 2. The van der Waals surface area contributed by atoms with Crippen LogP contribution in [0, 0.1) is 0 Å². The lowest BCUT2D eigenvalue weighted by atomic mass is 10.1. The van der Waals surface area contributed by atoms with E-state index in [2.05, 4.69) is 17.1 Å². The van der Waals surface area contributed by atoms with Crippen LogP contribution < -0.4 is 4.74 Å². The number of H-pyrrole nitrogens is 1. The van der Waals surface area contributed by atoms with E-state index in [-0.39, 0.29) is 5.69 Å². The maximum Gasteiger partial charge on any atom is 0.352 e. The Kier molecular flexibility index (Phi) is 4.10. The molecule has 3 rings (SSSR count). The van der Waals surface area contributed by atoms with Crippen molar-refractivity contribution in [2.24, 2.45) is 0 Å². The van der Waals surface area contributed by atoms with Crippen LogP contribution in [0.25, 0.3) is 10.9 Å². The van der Waals surface area contributed by atoms with E-state index in [1.807, 2.05) is 36.4 Å². The molecule has 0 saturated carbocycles. The molecule has 0 aliphatic carbocycles. The van der Waals surface area contributed by atoms with Gasteiger partial charge in [-0.1, -0.05) is 36.4 Å². The molecule has 0 fully saturated rings. The number of aromatic carboxylic acids is 1. The second kappa shape index (κ2) is 6.35. The van der Waals surface area contributed by atoms with Gasteiger partial charge in [-0.25, -0.2) is 4.79 Å². The number of nitrogens with one attached hydrogen (secondary N) is 1. The lowest BCUT2D eigenvalue weighted by Gasteiger charge is -2.07. The van der Waals surface area contributed by atoms with Crippen molar-refractivity contribution in [3.05, 3.63) is 65.9 Å². The van der Waals surface area contributed by atoms with E-state index in [1.165, 1.54) is 5.56 Å². The van der Waals surface area contributed by atoms with E-state index >= 15 is 0 Å². The summed E-state index contributed by atoms with van der Waals surface area (Å²) in [6.07, 6.45) is 1.88. The molecule has 4 nitrogen and oxygen atoms in total. The first-order valence-electron chi connectivity index (χ1n) is 7.26. The predicted molar refractivity (Wildman–Crippen MR) is 85.5 cm³/mol. The first-order valence-corrected chi connectivity index (χ1v) is 7.26. The molecule has 3 aromatic rings. The van der Waals surface area contributed by atoms with E-state index in [4.69, 9.17) is 9.84 Å². The Morgan fingerprint density at radius 1 is 1.09 bits per heavy atom. The normalized spacial score (nSPS) is 10.7. The standard InChI is InChI=1S/C18H17NO3/c20-18(21)16-12-14-15(19-16)9-4-10-17(14)22-11-5-8-13-6-2-1-3-7-13/h1-4,6-7,9-10,12,19H,5,8,11H2,(H,20,21). The number of ether oxygens (including phenoxy) is 1. The molecule has 0 radical (unpaired) electrons. The lowest BCUT2D eigenvalue weighted by Crippen LogP contribution is -1.99. The Labute approximate surface area is 128 Å². The van der Waals surface area contributed by atoms with Crippen molar-refractivity contribution < 1.29 is 14.6 Å². The number of aryl methyl sites for hydroxylation is 1. The number of hydrogen-bond acceptors (Lipinski definition) is 2. The number of aromatic amines is 1. The number of aromatic nitrogens is 1. The predicted octanol–water partition coefficient (Wildman–Crippen LogP) is 3.88. The quantitative estimate of drug-likeness (QED) is 0.678. The summed E-state index contributed by atoms with van der Waals surface area (Å²) in [6.45, 7) is 0.599. The van der Waals surface area contributed by atoms with Gasteiger partial charge in [-0.2, -0.15) is 0 Å². The summed E-state index contributed by atoms with van der Waals surface area (Å²) in [6, 6.07) is 17.5. The SMILES string of the molecule is O=C(O)c1cc2c(OCCCc3ccccc3)cccc2[nH]1. The van der Waals surface area contributed by atoms with Crippen molar-refractivity contribution in [2.45, 2.75) is 12.8 Å². The third kappa shape index (κ3) is 3.11. The highest BCUT2D eigenvalue weighted by Gasteiger charge is 2.10. The van der Waals surface area contributed by atoms with Crippen molar-refractivity contribution in [2.75, 3.05) is 6.61 Å². The molecule has 0 aliphatic rings. The molecule has 22 heavy (non-hydrogen) atoms. The van der Waals surface area contributed by atoms with Gasteiger partial charge in [-0.3, -0.25) is 0 Å². The number of carboxylic acids is 1. The van der Waals surface area contributed by atoms with Crippen LogP contribution in [0.15, 0.2) is 54.6 Å². The molecule has 1 aromatic heterocycles. The van der Waals surface area contributed by atoms with Gasteiger partial charge in [0.25, 0.3) is 0 Å². The highest BCUT2D eigenvalue weighted by atomic mass is 16.5. The number of carbonyl (C=O) groups is 1. The van der Waals surface area contributed by atoms with Crippen LogP contribution in [0.1, 0.15) is 22.5 Å². The summed E-state index contributed by atoms with van der Waals surface area (Å²) >= 11 is 0. The average molecular weight is 295 g/mol. The van der Waals surface area contributed by atoms with Crippen LogP contribution in [-0.4, -0.2) is 22.7 Å². The summed E-state index contributed by atoms with van der Waals surface area (Å²) in [7, 11) is 0. The first-order chi connectivity index (χ1) is 10.7. The van der Waals surface area contributed by atoms with Gasteiger partial charge in [0, 0.05) is 10.9 Å². The van der Waals surface area contributed by atoms with Gasteiger partial charge in [-0.15, -0.1) is 0 Å². The fourth-order valence-electron chi connectivity index (χ4n) is 2.47. The zero-order valence-electron chi connectivity index (χ0n) is 12.1. The first kappa shape index (κ1) is 14.2. The van der Waals surface area contributed by atoms with Crippen molar-refractivity contribution in [1.29, 1.82) is 0 Å². The fourth-order valence-corrected chi connectivity index (χ4v) is 2.47. The molecule has 2 N–H and O–H groups in total. The summed E-state index contributed by atoms with van der Waals surface area (Å²) in [5, 5.41) is 9.85.